The lowest BCUT2D eigenvalue weighted by molar-refractivity contribution is -0.0791. The van der Waals surface area contributed by atoms with Gasteiger partial charge in [0.05, 0.1) is 111 Å². The first kappa shape index (κ1) is 57.4. The van der Waals surface area contributed by atoms with Gasteiger partial charge >= 0.3 is 0 Å². The Morgan fingerprint density at radius 1 is 0.302 bits per heavy atom. The molecule has 0 bridgehead atoms. The lowest BCUT2D eigenvalue weighted by atomic mass is 10.1. The van der Waals surface area contributed by atoms with Crippen LogP contribution in [0.4, 0.5) is 0 Å². The number of aliphatic hydroxyl groups excluding tert-OH is 21. The van der Waals surface area contributed by atoms with Crippen LogP contribution in [0, 0.1) is 0 Å². The van der Waals surface area contributed by atoms with Gasteiger partial charge in [-0.3, -0.25) is 29.9 Å². The minimum absolute atomic E-state index is 0.0176. The van der Waals surface area contributed by atoms with Crippen LogP contribution in [0.15, 0.2) is 37.2 Å². The highest BCUT2D eigenvalue weighted by Crippen LogP contribution is 2.19. The van der Waals surface area contributed by atoms with Crippen molar-refractivity contribution in [1.82, 2.24) is 29.9 Å². The molecule has 27 heteroatoms. The number of hydrogen-bond donors (Lipinski definition) is 21. The summed E-state index contributed by atoms with van der Waals surface area (Å²) in [5, 5.41) is 194. The molecule has 27 nitrogen and oxygen atoms in total. The van der Waals surface area contributed by atoms with Gasteiger partial charge < -0.3 is 107 Å². The zero-order valence-corrected chi connectivity index (χ0v) is 33.6. The minimum atomic E-state index is -1.65. The van der Waals surface area contributed by atoms with Crippen molar-refractivity contribution >= 4 is 0 Å². The van der Waals surface area contributed by atoms with Crippen LogP contribution in [0.3, 0.4) is 0 Å². The molecular weight excluding hydrogens is 852 g/mol. The maximum Gasteiger partial charge on any atom is 0.126 e. The summed E-state index contributed by atoms with van der Waals surface area (Å²) in [5.74, 6) is 0. The zero-order chi connectivity index (χ0) is 48.0. The molecule has 15 atom stereocenters. The quantitative estimate of drug-likeness (QED) is 0.0397. The summed E-state index contributed by atoms with van der Waals surface area (Å²) in [6.45, 7) is -3.94. The predicted molar refractivity (Wildman–Crippen MR) is 207 cm³/mol. The highest BCUT2D eigenvalue weighted by atomic mass is 16.4. The van der Waals surface area contributed by atoms with Crippen molar-refractivity contribution in [2.75, 3.05) is 39.6 Å². The number of hydrogen-bond acceptors (Lipinski definition) is 27. The highest BCUT2D eigenvalue weighted by Gasteiger charge is 2.29. The second-order valence-electron chi connectivity index (χ2n) is 13.9. The Kier molecular flexibility index (Phi) is 27.1. The number of nitrogens with zero attached hydrogens (tertiary/aromatic N) is 6. The van der Waals surface area contributed by atoms with E-state index in [1.807, 2.05) is 0 Å². The third kappa shape index (κ3) is 19.2. The van der Waals surface area contributed by atoms with Crippen molar-refractivity contribution in [3.05, 3.63) is 71.3 Å². The molecule has 0 spiro atoms. The van der Waals surface area contributed by atoms with Crippen molar-refractivity contribution in [1.29, 1.82) is 0 Å². The first-order chi connectivity index (χ1) is 29.7. The van der Waals surface area contributed by atoms with Crippen LogP contribution in [-0.4, -0.2) is 250 Å². The van der Waals surface area contributed by atoms with Gasteiger partial charge in [-0.05, 0) is 0 Å². The summed E-state index contributed by atoms with van der Waals surface area (Å²) < 4.78 is 0. The molecule has 0 aromatic carbocycles. The number of rotatable bonds is 24. The third-order valence-corrected chi connectivity index (χ3v) is 8.93. The van der Waals surface area contributed by atoms with E-state index in [9.17, 15) is 76.6 Å². The van der Waals surface area contributed by atoms with E-state index in [-0.39, 0.29) is 42.0 Å². The molecule has 21 N–H and O–H groups in total. The van der Waals surface area contributed by atoms with Gasteiger partial charge in [0.1, 0.15) is 73.2 Å². The van der Waals surface area contributed by atoms with E-state index in [0.717, 1.165) is 18.6 Å². The van der Waals surface area contributed by atoms with Crippen molar-refractivity contribution in [2.45, 2.75) is 111 Å². The van der Waals surface area contributed by atoms with Crippen LogP contribution in [0.25, 0.3) is 0 Å². The second-order valence-corrected chi connectivity index (χ2v) is 13.9. The van der Waals surface area contributed by atoms with Crippen LogP contribution in [0.5, 0.6) is 0 Å². The van der Waals surface area contributed by atoms with Gasteiger partial charge in [0, 0.05) is 37.9 Å². The summed E-state index contributed by atoms with van der Waals surface area (Å²) >= 11 is 0. The van der Waals surface area contributed by atoms with Crippen molar-refractivity contribution in [3.8, 4) is 0 Å². The molecule has 0 amide bonds. The maximum absolute atomic E-state index is 9.83. The Bertz CT molecular complexity index is 1570. The van der Waals surface area contributed by atoms with Gasteiger partial charge in [0.25, 0.3) is 0 Å². The molecule has 3 aromatic heterocycles. The van der Waals surface area contributed by atoms with Crippen LogP contribution in [-0.2, 0) is 19.3 Å². The molecule has 360 valence electrons. The Balaban J connectivity index is 0.000000472. The van der Waals surface area contributed by atoms with Gasteiger partial charge in [0.2, 0.25) is 0 Å². The summed E-state index contributed by atoms with van der Waals surface area (Å²) in [6, 6.07) is 0. The Labute approximate surface area is 358 Å². The normalized spacial score (nSPS) is 18.8. The second kappa shape index (κ2) is 29.8. The lowest BCUT2D eigenvalue weighted by Crippen LogP contribution is -2.35. The summed E-state index contributed by atoms with van der Waals surface area (Å²) in [5.41, 5.74) is 0.744. The summed E-state index contributed by atoms with van der Waals surface area (Å²) in [7, 11) is 0. The monoisotopic (exact) mass is 912 g/mol. The topological polar surface area (TPSA) is 502 Å². The smallest absolute Gasteiger partial charge is 0.126 e. The molecule has 3 heterocycles. The zero-order valence-electron chi connectivity index (χ0n) is 33.6. The van der Waals surface area contributed by atoms with Crippen molar-refractivity contribution in [2.24, 2.45) is 0 Å². The van der Waals surface area contributed by atoms with Gasteiger partial charge in [-0.1, -0.05) is 0 Å². The van der Waals surface area contributed by atoms with E-state index in [1.54, 1.807) is 0 Å². The molecule has 0 saturated heterocycles. The van der Waals surface area contributed by atoms with Crippen LogP contribution in [0.2, 0.25) is 0 Å². The van der Waals surface area contributed by atoms with Gasteiger partial charge in [-0.15, -0.1) is 0 Å². The summed E-state index contributed by atoms with van der Waals surface area (Å²) in [4.78, 5) is 23.2. The fourth-order valence-electron chi connectivity index (χ4n) is 4.81. The van der Waals surface area contributed by atoms with E-state index in [2.05, 4.69) is 29.9 Å². The third-order valence-electron chi connectivity index (χ3n) is 8.93. The van der Waals surface area contributed by atoms with Crippen LogP contribution < -0.4 is 0 Å². The van der Waals surface area contributed by atoms with E-state index in [1.165, 1.54) is 18.6 Å². The Hall–Kier alpha value is -3.60. The van der Waals surface area contributed by atoms with E-state index in [4.69, 9.17) is 30.6 Å². The number of aromatic nitrogens is 6. The maximum atomic E-state index is 9.83. The van der Waals surface area contributed by atoms with Crippen molar-refractivity contribution < 1.29 is 107 Å². The highest BCUT2D eigenvalue weighted by molar-refractivity contribution is 5.11. The number of aliphatic hydroxyl groups is 21. The average molecular weight is 913 g/mol. The van der Waals surface area contributed by atoms with Crippen molar-refractivity contribution in [3.63, 3.8) is 0 Å². The largest absolute Gasteiger partial charge is 0.394 e. The molecule has 0 aliphatic carbocycles. The molecule has 0 aliphatic heterocycles. The van der Waals surface area contributed by atoms with E-state index < -0.39 is 131 Å². The van der Waals surface area contributed by atoms with Gasteiger partial charge in [-0.25, -0.2) is 0 Å². The Morgan fingerprint density at radius 2 is 0.603 bits per heavy atom. The minimum Gasteiger partial charge on any atom is -0.394 e. The van der Waals surface area contributed by atoms with Crippen LogP contribution in [0.1, 0.15) is 52.5 Å². The Morgan fingerprint density at radius 3 is 0.889 bits per heavy atom. The predicted octanol–water partition coefficient (Wildman–Crippen LogP) is -10.6. The first-order valence-corrected chi connectivity index (χ1v) is 19.0. The van der Waals surface area contributed by atoms with E-state index in [0.29, 0.717) is 11.4 Å². The fraction of sp³-hybridized carbons (Fsp3) is 0.667. The van der Waals surface area contributed by atoms with Gasteiger partial charge in [0.15, 0.2) is 0 Å². The standard InChI is InChI=1S/3C12H20N2O7/c2*15-4-9(18)8(17)1-6-2-14-7(3-13-6)11(20)12(21)10(19)5-16;15-4-9(18)8(17)1-6-2-13-3-7(14-6)11(20)12(21)10(19)5-16/h3*2-3,8-12,15-21H,1,4-5H2/t8-,9+,10+,11+,12+;2*8-,9-,10-,11-,12+/m100/s1. The average Bonchev–Trinajstić information content (AvgIpc) is 3.31. The first-order valence-electron chi connectivity index (χ1n) is 19.0. The molecule has 3 rings (SSSR count). The molecule has 0 aliphatic rings. The van der Waals surface area contributed by atoms with E-state index >= 15 is 0 Å². The fourth-order valence-corrected chi connectivity index (χ4v) is 4.81. The molecule has 3 aromatic rings. The lowest BCUT2D eigenvalue weighted by Gasteiger charge is -2.21. The molecule has 0 fully saturated rings. The molecule has 63 heavy (non-hydrogen) atoms. The molecule has 0 unspecified atom stereocenters. The molecule has 0 radical (unpaired) electrons. The van der Waals surface area contributed by atoms with Gasteiger partial charge in [-0.2, -0.15) is 0 Å². The SMILES string of the molecule is OC[C@H](O)[C@@H](O)[C@@H](O)c1cnc(C[C@H](O)[C@@H](O)CO)cn1.OC[C@H](O)[C@@H](O)[C@@H](O)c1cncc(C[C@H](O)[C@@H](O)CO)n1.OC[C@H](O)[C@H](O)[C@@H](O)c1cnc(C[C@@H](O)[C@@H](O)CO)cn1. The molecule has 0 saturated carbocycles. The summed E-state index contributed by atoms with van der Waals surface area (Å²) in [6.07, 6.45) is -14.7. The molecular formula is C36H60N6O21. The van der Waals surface area contributed by atoms with Crippen LogP contribution >= 0.6 is 0 Å².